The highest BCUT2D eigenvalue weighted by Crippen LogP contribution is 2.07. The predicted octanol–water partition coefficient (Wildman–Crippen LogP) is 0.253. The molecule has 136 valence electrons. The Morgan fingerprint density at radius 2 is 2.00 bits per heavy atom. The lowest BCUT2D eigenvalue weighted by Gasteiger charge is -2.11. The van der Waals surface area contributed by atoms with Crippen LogP contribution in [-0.2, 0) is 21.2 Å². The SMILES string of the molecule is CN(C)S(=O)(=O)CCNC(=O)CCCc1nc2ccccc2c(=O)[nH]1. The number of carbonyl (C=O) groups is 1. The van der Waals surface area contributed by atoms with Crippen molar-refractivity contribution in [3.8, 4) is 0 Å². The van der Waals surface area contributed by atoms with Crippen LogP contribution in [0.15, 0.2) is 29.1 Å². The van der Waals surface area contributed by atoms with Crippen molar-refractivity contribution in [2.75, 3.05) is 26.4 Å². The fourth-order valence-electron chi connectivity index (χ4n) is 2.26. The van der Waals surface area contributed by atoms with Crippen LogP contribution in [0.4, 0.5) is 0 Å². The van der Waals surface area contributed by atoms with Gasteiger partial charge < -0.3 is 10.3 Å². The van der Waals surface area contributed by atoms with Crippen molar-refractivity contribution < 1.29 is 13.2 Å². The highest BCUT2D eigenvalue weighted by molar-refractivity contribution is 7.89. The second-order valence-corrected chi connectivity index (χ2v) is 8.13. The number of para-hydroxylation sites is 1. The number of carbonyl (C=O) groups excluding carboxylic acids is 1. The maximum absolute atomic E-state index is 12.0. The van der Waals surface area contributed by atoms with E-state index in [4.69, 9.17) is 0 Å². The minimum atomic E-state index is -3.31. The lowest BCUT2D eigenvalue weighted by molar-refractivity contribution is -0.121. The number of H-pyrrole nitrogens is 1. The molecule has 0 atom stereocenters. The molecule has 2 aromatic rings. The first-order valence-corrected chi connectivity index (χ1v) is 9.55. The third-order valence-corrected chi connectivity index (χ3v) is 5.55. The Kier molecular flexibility index (Phi) is 6.27. The van der Waals surface area contributed by atoms with Crippen molar-refractivity contribution in [1.29, 1.82) is 0 Å². The summed E-state index contributed by atoms with van der Waals surface area (Å²) in [5.74, 6) is 0.175. The second-order valence-electron chi connectivity index (χ2n) is 5.83. The Balaban J connectivity index is 1.81. The van der Waals surface area contributed by atoms with Gasteiger partial charge in [-0.3, -0.25) is 9.59 Å². The molecule has 0 saturated carbocycles. The number of aromatic nitrogens is 2. The quantitative estimate of drug-likeness (QED) is 0.696. The number of amides is 1. The van der Waals surface area contributed by atoms with Crippen LogP contribution in [0.5, 0.6) is 0 Å². The number of rotatable bonds is 8. The van der Waals surface area contributed by atoms with Gasteiger partial charge in [-0.05, 0) is 18.6 Å². The van der Waals surface area contributed by atoms with Crippen LogP contribution in [0.1, 0.15) is 18.7 Å². The van der Waals surface area contributed by atoms with Gasteiger partial charge >= 0.3 is 0 Å². The number of aryl methyl sites for hydroxylation is 1. The maximum atomic E-state index is 12.0. The van der Waals surface area contributed by atoms with Gasteiger partial charge in [0, 0.05) is 33.5 Å². The van der Waals surface area contributed by atoms with Crippen LogP contribution in [-0.4, -0.2) is 55.0 Å². The molecule has 0 aliphatic rings. The number of sulfonamides is 1. The van der Waals surface area contributed by atoms with Crippen molar-refractivity contribution in [2.45, 2.75) is 19.3 Å². The van der Waals surface area contributed by atoms with E-state index >= 15 is 0 Å². The van der Waals surface area contributed by atoms with Crippen molar-refractivity contribution in [3.63, 3.8) is 0 Å². The predicted molar refractivity (Wildman–Crippen MR) is 95.8 cm³/mol. The van der Waals surface area contributed by atoms with Crippen LogP contribution < -0.4 is 10.9 Å². The second kappa shape index (κ2) is 8.21. The Hall–Kier alpha value is -2.26. The zero-order valence-corrected chi connectivity index (χ0v) is 15.1. The van der Waals surface area contributed by atoms with E-state index in [1.54, 1.807) is 18.2 Å². The minimum Gasteiger partial charge on any atom is -0.355 e. The smallest absolute Gasteiger partial charge is 0.258 e. The average Bonchev–Trinajstić information content (AvgIpc) is 2.54. The molecule has 0 aliphatic carbocycles. The molecule has 2 N–H and O–H groups in total. The maximum Gasteiger partial charge on any atom is 0.258 e. The molecule has 1 amide bonds. The zero-order chi connectivity index (χ0) is 18.4. The Labute approximate surface area is 146 Å². The number of nitrogens with zero attached hydrogens (tertiary/aromatic N) is 2. The summed E-state index contributed by atoms with van der Waals surface area (Å²) in [7, 11) is -0.408. The molecule has 1 aromatic heterocycles. The number of aromatic amines is 1. The largest absolute Gasteiger partial charge is 0.355 e. The normalized spacial score (nSPS) is 11.8. The van der Waals surface area contributed by atoms with Gasteiger partial charge in [-0.1, -0.05) is 12.1 Å². The van der Waals surface area contributed by atoms with Gasteiger partial charge in [0.15, 0.2) is 0 Å². The fraction of sp³-hybridized carbons (Fsp3) is 0.438. The van der Waals surface area contributed by atoms with Crippen LogP contribution in [0.2, 0.25) is 0 Å². The van der Waals surface area contributed by atoms with E-state index in [9.17, 15) is 18.0 Å². The lowest BCUT2D eigenvalue weighted by atomic mass is 10.2. The van der Waals surface area contributed by atoms with Gasteiger partial charge in [0.05, 0.1) is 16.7 Å². The standard InChI is InChI=1S/C16H22N4O4S/c1-20(2)25(23,24)11-10-17-15(21)9-5-8-14-18-13-7-4-3-6-12(13)16(22)19-14/h3-4,6-7H,5,8-11H2,1-2H3,(H,17,21)(H,18,19,22). The topological polar surface area (TPSA) is 112 Å². The van der Waals surface area contributed by atoms with Gasteiger partial charge in [-0.15, -0.1) is 0 Å². The monoisotopic (exact) mass is 366 g/mol. The van der Waals surface area contributed by atoms with E-state index in [1.165, 1.54) is 14.1 Å². The molecule has 0 radical (unpaired) electrons. The molecule has 0 saturated heterocycles. The first kappa shape index (κ1) is 19.1. The molecule has 2 rings (SSSR count). The molecule has 25 heavy (non-hydrogen) atoms. The van der Waals surface area contributed by atoms with Gasteiger partial charge in [0.2, 0.25) is 15.9 Å². The van der Waals surface area contributed by atoms with Crippen LogP contribution in [0, 0.1) is 0 Å². The van der Waals surface area contributed by atoms with Crippen LogP contribution in [0.3, 0.4) is 0 Å². The highest BCUT2D eigenvalue weighted by atomic mass is 32.2. The lowest BCUT2D eigenvalue weighted by Crippen LogP contribution is -2.33. The molecule has 0 spiro atoms. The third kappa shape index (κ3) is 5.36. The summed E-state index contributed by atoms with van der Waals surface area (Å²) in [5, 5.41) is 3.12. The fourth-order valence-corrected chi connectivity index (χ4v) is 2.99. The van der Waals surface area contributed by atoms with Gasteiger partial charge in [-0.2, -0.15) is 0 Å². The molecule has 8 nitrogen and oxygen atoms in total. The molecule has 1 heterocycles. The number of hydrogen-bond donors (Lipinski definition) is 2. The van der Waals surface area contributed by atoms with E-state index in [0.29, 0.717) is 29.6 Å². The molecular formula is C16H22N4O4S. The molecule has 9 heteroatoms. The van der Waals surface area contributed by atoms with Crippen LogP contribution in [0.25, 0.3) is 10.9 Å². The average molecular weight is 366 g/mol. The summed E-state index contributed by atoms with van der Waals surface area (Å²) in [6, 6.07) is 7.07. The zero-order valence-electron chi connectivity index (χ0n) is 14.3. The van der Waals surface area contributed by atoms with Crippen molar-refractivity contribution in [2.24, 2.45) is 0 Å². The molecular weight excluding hydrogens is 344 g/mol. The highest BCUT2D eigenvalue weighted by Gasteiger charge is 2.13. The summed E-state index contributed by atoms with van der Waals surface area (Å²) in [6.45, 7) is 0.0738. The van der Waals surface area contributed by atoms with E-state index in [1.807, 2.05) is 6.07 Å². The summed E-state index contributed by atoms with van der Waals surface area (Å²) in [6.07, 6.45) is 1.20. The van der Waals surface area contributed by atoms with E-state index < -0.39 is 10.0 Å². The molecule has 1 aromatic carbocycles. The molecule has 0 fully saturated rings. The Morgan fingerprint density at radius 1 is 1.28 bits per heavy atom. The first-order valence-electron chi connectivity index (χ1n) is 7.94. The number of benzene rings is 1. The van der Waals surface area contributed by atoms with Crippen molar-refractivity contribution in [1.82, 2.24) is 19.6 Å². The minimum absolute atomic E-state index is 0.0738. The molecule has 0 unspecified atom stereocenters. The van der Waals surface area contributed by atoms with E-state index in [0.717, 1.165) is 4.31 Å². The Morgan fingerprint density at radius 3 is 2.72 bits per heavy atom. The summed E-state index contributed by atoms with van der Waals surface area (Å²) in [4.78, 5) is 30.8. The molecule has 0 aliphatic heterocycles. The Bertz CT molecular complexity index is 906. The number of hydrogen-bond acceptors (Lipinski definition) is 5. The van der Waals surface area contributed by atoms with Gasteiger partial charge in [0.25, 0.3) is 5.56 Å². The first-order chi connectivity index (χ1) is 11.8. The van der Waals surface area contributed by atoms with Gasteiger partial charge in [-0.25, -0.2) is 17.7 Å². The number of nitrogens with one attached hydrogen (secondary N) is 2. The van der Waals surface area contributed by atoms with Gasteiger partial charge in [0.1, 0.15) is 5.82 Å². The third-order valence-electron chi connectivity index (χ3n) is 3.72. The summed E-state index contributed by atoms with van der Waals surface area (Å²) >= 11 is 0. The van der Waals surface area contributed by atoms with Crippen molar-refractivity contribution >= 4 is 26.8 Å². The number of fused-ring (bicyclic) bond motifs is 1. The summed E-state index contributed by atoms with van der Waals surface area (Å²) < 4.78 is 24.3. The van der Waals surface area contributed by atoms with Crippen LogP contribution >= 0.6 is 0 Å². The summed E-state index contributed by atoms with van der Waals surface area (Å²) in [5.41, 5.74) is 0.429. The van der Waals surface area contributed by atoms with E-state index in [-0.39, 0.29) is 30.2 Å². The van der Waals surface area contributed by atoms with Crippen molar-refractivity contribution in [3.05, 3.63) is 40.4 Å². The van der Waals surface area contributed by atoms with E-state index in [2.05, 4.69) is 15.3 Å². The molecule has 0 bridgehead atoms.